The van der Waals surface area contributed by atoms with Gasteiger partial charge in [0.05, 0.1) is 22.9 Å². The quantitative estimate of drug-likeness (QED) is 0.582. The molecule has 3 rings (SSSR count). The molecule has 1 amide bonds. The summed E-state index contributed by atoms with van der Waals surface area (Å²) < 4.78 is 5.80. The fourth-order valence-electron chi connectivity index (χ4n) is 2.48. The maximum atomic E-state index is 12.7. The van der Waals surface area contributed by atoms with E-state index in [9.17, 15) is 9.59 Å². The fourth-order valence-corrected chi connectivity index (χ4v) is 3.04. The lowest BCUT2D eigenvalue weighted by molar-refractivity contribution is 0.0522. The largest absolute Gasteiger partial charge is 0.461 e. The number of esters is 1. The van der Waals surface area contributed by atoms with Crippen molar-refractivity contribution in [1.82, 2.24) is 4.98 Å². The molecule has 0 fully saturated rings. The fraction of sp³-hybridized carbons (Fsp3) is 0.111. The molecular formula is C18H14BrClN2O3. The zero-order chi connectivity index (χ0) is 18.0. The predicted octanol–water partition coefficient (Wildman–Crippen LogP) is 5.01. The van der Waals surface area contributed by atoms with Gasteiger partial charge in [-0.1, -0.05) is 45.7 Å². The third-order valence-corrected chi connectivity index (χ3v) is 4.42. The van der Waals surface area contributed by atoms with Crippen molar-refractivity contribution in [3.63, 3.8) is 0 Å². The van der Waals surface area contributed by atoms with Gasteiger partial charge in [-0.15, -0.1) is 0 Å². The summed E-state index contributed by atoms with van der Waals surface area (Å²) in [6.07, 6.45) is 0. The van der Waals surface area contributed by atoms with Crippen molar-refractivity contribution >= 4 is 56.0 Å². The number of amides is 1. The molecule has 0 saturated heterocycles. The van der Waals surface area contributed by atoms with Crippen molar-refractivity contribution in [3.05, 3.63) is 63.2 Å². The van der Waals surface area contributed by atoms with Gasteiger partial charge in [-0.3, -0.25) is 4.79 Å². The summed E-state index contributed by atoms with van der Waals surface area (Å²) in [5.41, 5.74) is 1.59. The molecule has 0 aliphatic heterocycles. The highest BCUT2D eigenvalue weighted by Gasteiger charge is 2.22. The van der Waals surface area contributed by atoms with E-state index < -0.39 is 11.9 Å². The standard InChI is InChI=1S/C18H14BrClN2O3/c1-2-25-18(24)16-15(11-5-3-4-6-14(11)21-16)22-17(23)12-9-10(19)7-8-13(12)20/h3-9,21H,2H2,1H3,(H,22,23). The number of halogens is 2. The molecule has 25 heavy (non-hydrogen) atoms. The first kappa shape index (κ1) is 17.5. The summed E-state index contributed by atoms with van der Waals surface area (Å²) in [4.78, 5) is 27.9. The van der Waals surface area contributed by atoms with Crippen LogP contribution in [0.3, 0.4) is 0 Å². The molecular weight excluding hydrogens is 408 g/mol. The Balaban J connectivity index is 2.05. The number of ether oxygens (including phenoxy) is 1. The second kappa shape index (κ2) is 7.29. The van der Waals surface area contributed by atoms with Gasteiger partial charge >= 0.3 is 5.97 Å². The van der Waals surface area contributed by atoms with Crippen molar-refractivity contribution in [2.24, 2.45) is 0 Å². The number of hydrogen-bond donors (Lipinski definition) is 2. The number of hydrogen-bond acceptors (Lipinski definition) is 3. The number of nitrogens with one attached hydrogen (secondary N) is 2. The first-order valence-corrected chi connectivity index (χ1v) is 8.72. The second-order valence-electron chi connectivity index (χ2n) is 5.22. The zero-order valence-corrected chi connectivity index (χ0v) is 15.6. The number of benzene rings is 2. The van der Waals surface area contributed by atoms with Crippen molar-refractivity contribution in [2.45, 2.75) is 6.92 Å². The van der Waals surface area contributed by atoms with Gasteiger partial charge in [0.25, 0.3) is 5.91 Å². The first-order valence-electron chi connectivity index (χ1n) is 7.55. The van der Waals surface area contributed by atoms with E-state index in [1.807, 2.05) is 24.3 Å². The molecule has 2 N–H and O–H groups in total. The molecule has 0 radical (unpaired) electrons. The second-order valence-corrected chi connectivity index (χ2v) is 6.54. The number of carbonyl (C=O) groups is 2. The molecule has 0 aliphatic carbocycles. The van der Waals surface area contributed by atoms with Crippen LogP contribution in [0, 0.1) is 0 Å². The van der Waals surface area contributed by atoms with E-state index in [0.29, 0.717) is 21.7 Å². The molecule has 7 heteroatoms. The normalized spacial score (nSPS) is 10.7. The van der Waals surface area contributed by atoms with E-state index in [2.05, 4.69) is 26.2 Å². The summed E-state index contributed by atoms with van der Waals surface area (Å²) in [6.45, 7) is 1.96. The SMILES string of the molecule is CCOC(=O)c1[nH]c2ccccc2c1NC(=O)c1cc(Br)ccc1Cl. The number of fused-ring (bicyclic) bond motifs is 1. The van der Waals surface area contributed by atoms with E-state index in [1.165, 1.54) is 0 Å². The number of aromatic nitrogens is 1. The Morgan fingerprint density at radius 1 is 1.24 bits per heavy atom. The van der Waals surface area contributed by atoms with E-state index in [0.717, 1.165) is 9.99 Å². The van der Waals surface area contributed by atoms with Gasteiger partial charge in [-0.25, -0.2) is 4.79 Å². The average molecular weight is 422 g/mol. The zero-order valence-electron chi connectivity index (χ0n) is 13.2. The number of anilines is 1. The van der Waals surface area contributed by atoms with Gasteiger partial charge < -0.3 is 15.0 Å². The van der Waals surface area contributed by atoms with Crippen LogP contribution in [0.5, 0.6) is 0 Å². The van der Waals surface area contributed by atoms with Crippen molar-refractivity contribution in [2.75, 3.05) is 11.9 Å². The summed E-state index contributed by atoms with van der Waals surface area (Å²) in [7, 11) is 0. The molecule has 0 unspecified atom stereocenters. The molecule has 1 aromatic heterocycles. The summed E-state index contributed by atoms with van der Waals surface area (Å²) >= 11 is 9.44. The molecule has 0 saturated carbocycles. The van der Waals surface area contributed by atoms with Crippen LogP contribution in [0.15, 0.2) is 46.9 Å². The van der Waals surface area contributed by atoms with Gasteiger partial charge in [-0.05, 0) is 31.2 Å². The van der Waals surface area contributed by atoms with Crippen LogP contribution in [0.4, 0.5) is 5.69 Å². The monoisotopic (exact) mass is 420 g/mol. The van der Waals surface area contributed by atoms with Crippen molar-refractivity contribution in [1.29, 1.82) is 0 Å². The van der Waals surface area contributed by atoms with Crippen molar-refractivity contribution < 1.29 is 14.3 Å². The molecule has 0 aliphatic rings. The molecule has 0 atom stereocenters. The Bertz CT molecular complexity index is 968. The van der Waals surface area contributed by atoms with Crippen LogP contribution < -0.4 is 5.32 Å². The van der Waals surface area contributed by atoms with E-state index in [1.54, 1.807) is 25.1 Å². The lowest BCUT2D eigenvalue weighted by Crippen LogP contribution is -2.16. The molecule has 2 aromatic carbocycles. The van der Waals surface area contributed by atoms with Crippen LogP contribution in [-0.4, -0.2) is 23.5 Å². The highest BCUT2D eigenvalue weighted by molar-refractivity contribution is 9.10. The molecule has 3 aromatic rings. The maximum Gasteiger partial charge on any atom is 0.356 e. The minimum absolute atomic E-state index is 0.197. The van der Waals surface area contributed by atoms with Crippen LogP contribution >= 0.6 is 27.5 Å². The van der Waals surface area contributed by atoms with Crippen LogP contribution in [0.25, 0.3) is 10.9 Å². The number of aromatic amines is 1. The first-order chi connectivity index (χ1) is 12.0. The van der Waals surface area contributed by atoms with E-state index >= 15 is 0 Å². The highest BCUT2D eigenvalue weighted by Crippen LogP contribution is 2.30. The number of H-pyrrole nitrogens is 1. The lowest BCUT2D eigenvalue weighted by Gasteiger charge is -2.09. The Morgan fingerprint density at radius 2 is 2.00 bits per heavy atom. The highest BCUT2D eigenvalue weighted by atomic mass is 79.9. The summed E-state index contributed by atoms with van der Waals surface area (Å²) in [6, 6.07) is 12.3. The predicted molar refractivity (Wildman–Crippen MR) is 101 cm³/mol. The minimum Gasteiger partial charge on any atom is -0.461 e. The summed E-state index contributed by atoms with van der Waals surface area (Å²) in [5.74, 6) is -0.948. The van der Waals surface area contributed by atoms with Gasteiger partial charge in [-0.2, -0.15) is 0 Å². The van der Waals surface area contributed by atoms with Gasteiger partial charge in [0.1, 0.15) is 5.69 Å². The summed E-state index contributed by atoms with van der Waals surface area (Å²) in [5, 5.41) is 3.81. The van der Waals surface area contributed by atoms with Crippen molar-refractivity contribution in [3.8, 4) is 0 Å². The van der Waals surface area contributed by atoms with Crippen LogP contribution in [0.2, 0.25) is 5.02 Å². The van der Waals surface area contributed by atoms with E-state index in [-0.39, 0.29) is 12.3 Å². The number of para-hydroxylation sites is 1. The lowest BCUT2D eigenvalue weighted by atomic mass is 10.2. The smallest absolute Gasteiger partial charge is 0.356 e. The van der Waals surface area contributed by atoms with E-state index in [4.69, 9.17) is 16.3 Å². The molecule has 0 bridgehead atoms. The van der Waals surface area contributed by atoms with Gasteiger partial charge in [0.15, 0.2) is 0 Å². The number of carbonyl (C=O) groups excluding carboxylic acids is 2. The van der Waals surface area contributed by atoms with Gasteiger partial charge in [0, 0.05) is 15.4 Å². The minimum atomic E-state index is -0.533. The molecule has 0 spiro atoms. The Hall–Kier alpha value is -2.31. The topological polar surface area (TPSA) is 71.2 Å². The average Bonchev–Trinajstić information content (AvgIpc) is 2.96. The molecule has 1 heterocycles. The Kier molecular flexibility index (Phi) is 5.11. The molecule has 5 nitrogen and oxygen atoms in total. The molecule has 128 valence electrons. The van der Waals surface area contributed by atoms with Crippen LogP contribution in [0.1, 0.15) is 27.8 Å². The number of rotatable bonds is 4. The van der Waals surface area contributed by atoms with Crippen LogP contribution in [-0.2, 0) is 4.74 Å². The third-order valence-electron chi connectivity index (χ3n) is 3.60. The maximum absolute atomic E-state index is 12.7. The Morgan fingerprint density at radius 3 is 2.76 bits per heavy atom. The Labute approximate surface area is 157 Å². The third kappa shape index (κ3) is 3.55. The van der Waals surface area contributed by atoms with Gasteiger partial charge in [0.2, 0.25) is 0 Å².